The van der Waals surface area contributed by atoms with Gasteiger partial charge in [-0.05, 0) is 13.8 Å². The summed E-state index contributed by atoms with van der Waals surface area (Å²) in [5.41, 5.74) is 0. The van der Waals surface area contributed by atoms with Crippen LogP contribution in [0.25, 0.3) is 0 Å². The van der Waals surface area contributed by atoms with Gasteiger partial charge in [0.15, 0.2) is 5.82 Å². The molecule has 7 heteroatoms. The smallest absolute Gasteiger partial charge is 0.224 e. The van der Waals surface area contributed by atoms with Crippen LogP contribution in [0.3, 0.4) is 0 Å². The van der Waals surface area contributed by atoms with E-state index in [1.165, 1.54) is 0 Å². The summed E-state index contributed by atoms with van der Waals surface area (Å²) in [4.78, 5) is 18.7. The van der Waals surface area contributed by atoms with Gasteiger partial charge in [-0.3, -0.25) is 4.79 Å². The Balaban J connectivity index is 1.64. The molecule has 2 aromatic rings. The van der Waals surface area contributed by atoms with E-state index in [4.69, 9.17) is 0 Å². The fourth-order valence-electron chi connectivity index (χ4n) is 3.15. The van der Waals surface area contributed by atoms with Gasteiger partial charge in [-0.1, -0.05) is 6.92 Å². The van der Waals surface area contributed by atoms with Gasteiger partial charge in [0.1, 0.15) is 11.6 Å². The minimum atomic E-state index is 0.162. The van der Waals surface area contributed by atoms with Crippen molar-refractivity contribution >= 4 is 5.91 Å². The Morgan fingerprint density at radius 3 is 3.00 bits per heavy atom. The lowest BCUT2D eigenvalue weighted by atomic mass is 10.2. The Bertz CT molecular complexity index is 673. The summed E-state index contributed by atoms with van der Waals surface area (Å²) < 4.78 is 4.17. The highest BCUT2D eigenvalue weighted by Gasteiger charge is 2.27. The number of amides is 1. The molecule has 1 aliphatic rings. The van der Waals surface area contributed by atoms with Gasteiger partial charge in [0, 0.05) is 38.3 Å². The first-order chi connectivity index (χ1) is 10.6. The molecule has 0 aliphatic carbocycles. The molecule has 0 aromatic carbocycles. The van der Waals surface area contributed by atoms with Crippen LogP contribution in [0.4, 0.5) is 0 Å². The highest BCUT2D eigenvalue weighted by molar-refractivity contribution is 5.76. The summed E-state index contributed by atoms with van der Waals surface area (Å²) in [6, 6.07) is 0.224. The van der Waals surface area contributed by atoms with E-state index in [1.807, 2.05) is 18.0 Å². The highest BCUT2D eigenvalue weighted by Crippen LogP contribution is 2.21. The Morgan fingerprint density at radius 2 is 2.23 bits per heavy atom. The zero-order chi connectivity index (χ0) is 15.7. The summed E-state index contributed by atoms with van der Waals surface area (Å²) in [5, 5.41) is 8.29. The molecule has 2 aromatic heterocycles. The van der Waals surface area contributed by atoms with Crippen LogP contribution in [0.15, 0.2) is 12.4 Å². The van der Waals surface area contributed by atoms with Crippen LogP contribution < -0.4 is 0 Å². The zero-order valence-corrected chi connectivity index (χ0v) is 13.4. The van der Waals surface area contributed by atoms with E-state index in [0.29, 0.717) is 19.5 Å². The maximum Gasteiger partial charge on any atom is 0.224 e. The average molecular weight is 302 g/mol. The first-order valence-electron chi connectivity index (χ1n) is 7.78. The first-order valence-corrected chi connectivity index (χ1v) is 7.78. The number of rotatable bonds is 4. The molecule has 22 heavy (non-hydrogen) atoms. The fraction of sp³-hybridized carbons (Fsp3) is 0.600. The van der Waals surface area contributed by atoms with Gasteiger partial charge in [-0.2, -0.15) is 0 Å². The Morgan fingerprint density at radius 1 is 1.41 bits per heavy atom. The number of hydrogen-bond donors (Lipinski definition) is 0. The predicted octanol–water partition coefficient (Wildman–Crippen LogP) is 1.34. The molecule has 0 radical (unpaired) electrons. The second kappa shape index (κ2) is 5.90. The molecule has 0 N–H and O–H groups in total. The molecule has 0 saturated heterocycles. The molecule has 0 saturated carbocycles. The molecule has 0 unspecified atom stereocenters. The lowest BCUT2D eigenvalue weighted by Gasteiger charge is -2.32. The third-order valence-electron chi connectivity index (χ3n) is 4.23. The summed E-state index contributed by atoms with van der Waals surface area (Å²) in [6.45, 7) is 8.07. The molecule has 1 aliphatic heterocycles. The fourth-order valence-corrected chi connectivity index (χ4v) is 3.15. The molecule has 0 bridgehead atoms. The summed E-state index contributed by atoms with van der Waals surface area (Å²) >= 11 is 0. The number of nitrogens with zero attached hydrogens (tertiary/aromatic N) is 6. The molecule has 7 nitrogen and oxygen atoms in total. The van der Waals surface area contributed by atoms with Crippen molar-refractivity contribution in [3.63, 3.8) is 0 Å². The lowest BCUT2D eigenvalue weighted by molar-refractivity contribution is -0.133. The molecular formula is C15H22N6O. The molecule has 1 amide bonds. The van der Waals surface area contributed by atoms with Crippen LogP contribution in [0, 0.1) is 6.92 Å². The van der Waals surface area contributed by atoms with Gasteiger partial charge in [0.25, 0.3) is 0 Å². The topological polar surface area (TPSA) is 68.8 Å². The van der Waals surface area contributed by atoms with E-state index in [2.05, 4.69) is 38.2 Å². The van der Waals surface area contributed by atoms with Crippen LogP contribution in [0.5, 0.6) is 0 Å². The molecule has 3 heterocycles. The Hall–Kier alpha value is -2.18. The van der Waals surface area contributed by atoms with Crippen LogP contribution in [-0.4, -0.2) is 41.7 Å². The third-order valence-corrected chi connectivity index (χ3v) is 4.23. The van der Waals surface area contributed by atoms with Gasteiger partial charge in [-0.25, -0.2) is 4.98 Å². The second-order valence-electron chi connectivity index (χ2n) is 5.80. The zero-order valence-electron chi connectivity index (χ0n) is 13.4. The van der Waals surface area contributed by atoms with Crippen molar-refractivity contribution in [3.05, 3.63) is 29.9 Å². The summed E-state index contributed by atoms with van der Waals surface area (Å²) in [5.74, 6) is 2.98. The van der Waals surface area contributed by atoms with E-state index in [1.54, 1.807) is 6.20 Å². The van der Waals surface area contributed by atoms with Gasteiger partial charge in [-0.15, -0.1) is 10.2 Å². The van der Waals surface area contributed by atoms with E-state index >= 15 is 0 Å². The number of imidazole rings is 1. The van der Waals surface area contributed by atoms with Crippen molar-refractivity contribution in [1.29, 1.82) is 0 Å². The van der Waals surface area contributed by atoms with E-state index in [0.717, 1.165) is 30.4 Å². The minimum absolute atomic E-state index is 0.162. The molecule has 3 rings (SSSR count). The van der Waals surface area contributed by atoms with E-state index < -0.39 is 0 Å². The van der Waals surface area contributed by atoms with Crippen molar-refractivity contribution < 1.29 is 4.79 Å². The quantitative estimate of drug-likeness (QED) is 0.854. The normalized spacial score (nSPS) is 17.6. The average Bonchev–Trinajstić information content (AvgIpc) is 3.11. The third kappa shape index (κ3) is 2.63. The van der Waals surface area contributed by atoms with Crippen molar-refractivity contribution in [1.82, 2.24) is 29.2 Å². The maximum atomic E-state index is 12.5. The standard InChI is InChI=1S/C15H22N6O/c1-4-13-16-6-8-19(13)7-5-15(22)20-9-11(2)21-12(3)17-18-14(21)10-20/h6,8,11H,4-5,7,9-10H2,1-3H3/t11-/m1/s1. The number of fused-ring (bicyclic) bond motifs is 1. The van der Waals surface area contributed by atoms with E-state index in [9.17, 15) is 4.79 Å². The minimum Gasteiger partial charge on any atom is -0.334 e. The van der Waals surface area contributed by atoms with Crippen molar-refractivity contribution in [2.45, 2.75) is 52.7 Å². The molecular weight excluding hydrogens is 280 g/mol. The lowest BCUT2D eigenvalue weighted by Crippen LogP contribution is -2.40. The Labute approximate surface area is 130 Å². The molecule has 0 fully saturated rings. The number of aromatic nitrogens is 5. The molecule has 1 atom stereocenters. The van der Waals surface area contributed by atoms with Gasteiger partial charge < -0.3 is 14.0 Å². The van der Waals surface area contributed by atoms with Gasteiger partial charge in [0.05, 0.1) is 12.6 Å². The number of hydrogen-bond acceptors (Lipinski definition) is 4. The van der Waals surface area contributed by atoms with Crippen LogP contribution >= 0.6 is 0 Å². The number of aryl methyl sites for hydroxylation is 3. The monoisotopic (exact) mass is 302 g/mol. The van der Waals surface area contributed by atoms with Crippen molar-refractivity contribution in [2.75, 3.05) is 6.54 Å². The van der Waals surface area contributed by atoms with Gasteiger partial charge >= 0.3 is 0 Å². The number of carbonyl (C=O) groups is 1. The van der Waals surface area contributed by atoms with Crippen LogP contribution in [-0.2, 0) is 24.3 Å². The first kappa shape index (κ1) is 14.7. The van der Waals surface area contributed by atoms with Gasteiger partial charge in [0.2, 0.25) is 5.91 Å². The number of carbonyl (C=O) groups excluding carboxylic acids is 1. The molecule has 118 valence electrons. The Kier molecular flexibility index (Phi) is 3.96. The van der Waals surface area contributed by atoms with Crippen molar-refractivity contribution in [2.24, 2.45) is 0 Å². The molecule has 0 spiro atoms. The SMILES string of the molecule is CCc1nccn1CCC(=O)N1Cc2nnc(C)n2[C@H](C)C1. The summed E-state index contributed by atoms with van der Waals surface area (Å²) in [6.07, 6.45) is 5.09. The van der Waals surface area contributed by atoms with Crippen LogP contribution in [0.1, 0.15) is 43.8 Å². The second-order valence-corrected chi connectivity index (χ2v) is 5.80. The predicted molar refractivity (Wildman–Crippen MR) is 81.1 cm³/mol. The summed E-state index contributed by atoms with van der Waals surface area (Å²) in [7, 11) is 0. The maximum absolute atomic E-state index is 12.5. The highest BCUT2D eigenvalue weighted by atomic mass is 16.2. The largest absolute Gasteiger partial charge is 0.334 e. The van der Waals surface area contributed by atoms with Crippen LogP contribution in [0.2, 0.25) is 0 Å². The van der Waals surface area contributed by atoms with Crippen molar-refractivity contribution in [3.8, 4) is 0 Å². The van der Waals surface area contributed by atoms with E-state index in [-0.39, 0.29) is 11.9 Å².